The fourth-order valence-corrected chi connectivity index (χ4v) is 3.47. The van der Waals surface area contributed by atoms with E-state index in [1.54, 1.807) is 36.4 Å². The van der Waals surface area contributed by atoms with Gasteiger partial charge in [-0.05, 0) is 66.2 Å². The summed E-state index contributed by atoms with van der Waals surface area (Å²) in [5.41, 5.74) is 3.02. The molecule has 0 unspecified atom stereocenters. The van der Waals surface area contributed by atoms with Crippen molar-refractivity contribution in [3.05, 3.63) is 88.4 Å². The van der Waals surface area contributed by atoms with Crippen LogP contribution in [-0.4, -0.2) is 25.6 Å². The second-order valence-electron chi connectivity index (χ2n) is 5.78. The fourth-order valence-electron chi connectivity index (χ4n) is 2.28. The highest BCUT2D eigenvalue weighted by Gasteiger charge is 2.16. The van der Waals surface area contributed by atoms with E-state index in [0.717, 1.165) is 4.47 Å². The molecular weight excluding hydrogens is 460 g/mol. The van der Waals surface area contributed by atoms with Crippen molar-refractivity contribution in [3.63, 3.8) is 0 Å². The molecule has 0 aliphatic carbocycles. The Hall–Kier alpha value is -3.17. The quantitative estimate of drug-likeness (QED) is 0.322. The lowest BCUT2D eigenvalue weighted by Gasteiger charge is -2.07. The van der Waals surface area contributed by atoms with Crippen molar-refractivity contribution in [3.8, 4) is 11.5 Å². The highest BCUT2D eigenvalue weighted by molar-refractivity contribution is 9.10. The molecule has 0 heterocycles. The third kappa shape index (κ3) is 5.43. The van der Waals surface area contributed by atoms with Crippen LogP contribution in [0.15, 0.2) is 87.3 Å². The summed E-state index contributed by atoms with van der Waals surface area (Å²) < 4.78 is 30.4. The van der Waals surface area contributed by atoms with Crippen molar-refractivity contribution in [2.75, 3.05) is 0 Å². The average Bonchev–Trinajstić information content (AvgIpc) is 2.69. The first kappa shape index (κ1) is 20.6. The number of hydrazone groups is 1. The van der Waals surface area contributed by atoms with Gasteiger partial charge in [0, 0.05) is 4.47 Å². The van der Waals surface area contributed by atoms with Crippen LogP contribution >= 0.6 is 15.9 Å². The van der Waals surface area contributed by atoms with Crippen molar-refractivity contribution in [1.82, 2.24) is 5.43 Å². The first-order chi connectivity index (χ1) is 13.8. The monoisotopic (exact) mass is 474 g/mol. The van der Waals surface area contributed by atoms with Crippen LogP contribution in [0.5, 0.6) is 11.5 Å². The molecule has 3 aromatic carbocycles. The highest BCUT2D eigenvalue weighted by atomic mass is 79.9. The zero-order valence-corrected chi connectivity index (χ0v) is 17.2. The number of hydrogen-bond donors (Lipinski definition) is 2. The number of amides is 1. The Balaban J connectivity index is 1.63. The molecule has 2 N–H and O–H groups in total. The van der Waals surface area contributed by atoms with E-state index in [2.05, 4.69) is 26.5 Å². The Kier molecular flexibility index (Phi) is 6.30. The third-order valence-corrected chi connectivity index (χ3v) is 5.51. The number of carbonyl (C=O) groups is 1. The minimum absolute atomic E-state index is 0.0400. The summed E-state index contributed by atoms with van der Waals surface area (Å²) >= 11 is 3.25. The molecule has 0 radical (unpaired) electrons. The van der Waals surface area contributed by atoms with Crippen LogP contribution in [0.3, 0.4) is 0 Å². The van der Waals surface area contributed by atoms with Crippen LogP contribution in [-0.2, 0) is 10.1 Å². The maximum absolute atomic E-state index is 12.3. The smallest absolute Gasteiger partial charge is 0.339 e. The molecule has 1 amide bonds. The molecular formula is C20H15BrN2O5S. The largest absolute Gasteiger partial charge is 0.507 e. The van der Waals surface area contributed by atoms with Gasteiger partial charge >= 0.3 is 10.1 Å². The molecule has 0 aliphatic rings. The van der Waals surface area contributed by atoms with Crippen molar-refractivity contribution < 1.29 is 22.5 Å². The van der Waals surface area contributed by atoms with Gasteiger partial charge in [-0.2, -0.15) is 13.5 Å². The van der Waals surface area contributed by atoms with Crippen LogP contribution in [0.25, 0.3) is 0 Å². The summed E-state index contributed by atoms with van der Waals surface area (Å²) in [4.78, 5) is 12.0. The van der Waals surface area contributed by atoms with E-state index in [-0.39, 0.29) is 22.0 Å². The maximum Gasteiger partial charge on any atom is 0.339 e. The molecule has 0 fully saturated rings. The first-order valence-corrected chi connectivity index (χ1v) is 10.5. The minimum atomic E-state index is -3.94. The van der Waals surface area contributed by atoms with E-state index < -0.39 is 16.0 Å². The molecule has 0 saturated carbocycles. The number of carbonyl (C=O) groups excluding carboxylic acids is 1. The van der Waals surface area contributed by atoms with Crippen LogP contribution < -0.4 is 9.61 Å². The van der Waals surface area contributed by atoms with Crippen LogP contribution in [0.2, 0.25) is 0 Å². The highest BCUT2D eigenvalue weighted by Crippen LogP contribution is 2.20. The Bertz CT molecular complexity index is 1140. The van der Waals surface area contributed by atoms with Gasteiger partial charge in [0.2, 0.25) is 0 Å². The average molecular weight is 475 g/mol. The Morgan fingerprint density at radius 1 is 1.00 bits per heavy atom. The number of phenolic OH excluding ortho intramolecular Hbond substituents is 1. The molecule has 0 saturated heterocycles. The van der Waals surface area contributed by atoms with Crippen LogP contribution in [0, 0.1) is 0 Å². The van der Waals surface area contributed by atoms with Crippen molar-refractivity contribution >= 4 is 38.2 Å². The molecule has 29 heavy (non-hydrogen) atoms. The molecule has 0 bridgehead atoms. The number of benzene rings is 3. The number of rotatable bonds is 6. The van der Waals surface area contributed by atoms with E-state index in [9.17, 15) is 18.3 Å². The summed E-state index contributed by atoms with van der Waals surface area (Å²) in [5.74, 6) is -0.558. The Morgan fingerprint density at radius 2 is 1.66 bits per heavy atom. The van der Waals surface area contributed by atoms with E-state index in [1.807, 2.05) is 0 Å². The third-order valence-electron chi connectivity index (χ3n) is 3.72. The molecule has 3 rings (SSSR count). The number of hydrogen-bond acceptors (Lipinski definition) is 6. The van der Waals surface area contributed by atoms with Gasteiger partial charge in [0.15, 0.2) is 0 Å². The molecule has 0 aromatic heterocycles. The van der Waals surface area contributed by atoms with Gasteiger partial charge in [0.25, 0.3) is 5.91 Å². The molecule has 148 valence electrons. The normalized spacial score (nSPS) is 11.3. The van der Waals surface area contributed by atoms with Crippen LogP contribution in [0.1, 0.15) is 15.9 Å². The number of phenols is 1. The fraction of sp³-hybridized carbons (Fsp3) is 0. The summed E-state index contributed by atoms with van der Waals surface area (Å²) in [5, 5.41) is 13.5. The number of aromatic hydroxyl groups is 1. The van der Waals surface area contributed by atoms with Gasteiger partial charge in [0.1, 0.15) is 16.4 Å². The van der Waals surface area contributed by atoms with E-state index in [4.69, 9.17) is 4.18 Å². The molecule has 9 heteroatoms. The van der Waals surface area contributed by atoms with Gasteiger partial charge < -0.3 is 9.29 Å². The number of halogens is 1. The van der Waals surface area contributed by atoms with E-state index in [1.165, 1.54) is 42.6 Å². The lowest BCUT2D eigenvalue weighted by Crippen LogP contribution is -2.17. The summed E-state index contributed by atoms with van der Waals surface area (Å²) in [6.45, 7) is 0. The predicted octanol–water partition coefficient (Wildman–Crippen LogP) is 3.69. The molecule has 0 spiro atoms. The topological polar surface area (TPSA) is 105 Å². The first-order valence-electron chi connectivity index (χ1n) is 8.27. The Labute approximate surface area is 175 Å². The standard InChI is InChI=1S/C20H15BrN2O5S/c21-15-7-11-17(12-8-15)29(26,27)28-16-9-5-14(6-10-16)13-22-23-20(25)18-3-1-2-4-19(18)24/h1-13,24H,(H,23,25)/b22-13+. The van der Waals surface area contributed by atoms with Gasteiger partial charge in [-0.25, -0.2) is 5.43 Å². The molecule has 0 atom stereocenters. The summed E-state index contributed by atoms with van der Waals surface area (Å²) in [7, 11) is -3.94. The lowest BCUT2D eigenvalue weighted by atomic mass is 10.2. The number of nitrogens with one attached hydrogen (secondary N) is 1. The molecule has 0 aliphatic heterocycles. The second kappa shape index (κ2) is 8.89. The zero-order valence-electron chi connectivity index (χ0n) is 14.8. The summed E-state index contributed by atoms with van der Waals surface area (Å²) in [6.07, 6.45) is 1.38. The van der Waals surface area contributed by atoms with E-state index in [0.29, 0.717) is 5.56 Å². The van der Waals surface area contributed by atoms with Gasteiger partial charge in [0.05, 0.1) is 11.8 Å². The Morgan fingerprint density at radius 3 is 2.31 bits per heavy atom. The SMILES string of the molecule is O=C(N/N=C/c1ccc(OS(=O)(=O)c2ccc(Br)cc2)cc1)c1ccccc1O. The number of para-hydroxylation sites is 1. The molecule has 7 nitrogen and oxygen atoms in total. The maximum atomic E-state index is 12.3. The second-order valence-corrected chi connectivity index (χ2v) is 8.24. The van der Waals surface area contributed by atoms with Gasteiger partial charge in [-0.1, -0.05) is 28.1 Å². The van der Waals surface area contributed by atoms with Crippen molar-refractivity contribution in [2.45, 2.75) is 4.90 Å². The van der Waals surface area contributed by atoms with E-state index >= 15 is 0 Å². The predicted molar refractivity (Wildman–Crippen MR) is 112 cm³/mol. The van der Waals surface area contributed by atoms with Gasteiger partial charge in [-0.15, -0.1) is 0 Å². The lowest BCUT2D eigenvalue weighted by molar-refractivity contribution is 0.0952. The molecule has 3 aromatic rings. The number of nitrogens with zero attached hydrogens (tertiary/aromatic N) is 1. The van der Waals surface area contributed by atoms with Crippen molar-refractivity contribution in [2.24, 2.45) is 5.10 Å². The minimum Gasteiger partial charge on any atom is -0.507 e. The summed E-state index contributed by atoms with van der Waals surface area (Å²) in [6, 6.07) is 18.3. The van der Waals surface area contributed by atoms with Crippen molar-refractivity contribution in [1.29, 1.82) is 0 Å². The van der Waals surface area contributed by atoms with Crippen LogP contribution in [0.4, 0.5) is 0 Å². The van der Waals surface area contributed by atoms with Gasteiger partial charge in [-0.3, -0.25) is 4.79 Å². The zero-order chi connectivity index (χ0) is 20.9.